The molecule has 1 aliphatic carbocycles. The molecule has 0 saturated heterocycles. The summed E-state index contributed by atoms with van der Waals surface area (Å²) >= 11 is 0. The highest BCUT2D eigenvalue weighted by Gasteiger charge is 2.57. The summed E-state index contributed by atoms with van der Waals surface area (Å²) < 4.78 is 10.6. The zero-order chi connectivity index (χ0) is 17.4. The molecule has 1 heterocycles. The van der Waals surface area contributed by atoms with Gasteiger partial charge in [0.05, 0.1) is 0 Å². The first-order valence-electron chi connectivity index (χ1n) is 8.14. The largest absolute Gasteiger partial charge is 0.454 e. The van der Waals surface area contributed by atoms with Gasteiger partial charge in [-0.25, -0.2) is 0 Å². The van der Waals surface area contributed by atoms with E-state index >= 15 is 0 Å². The molecular formula is C19H18N2O4. The quantitative estimate of drug-likeness (QED) is 0.871. The highest BCUT2D eigenvalue weighted by atomic mass is 16.7. The van der Waals surface area contributed by atoms with Gasteiger partial charge in [0.15, 0.2) is 11.5 Å². The van der Waals surface area contributed by atoms with E-state index < -0.39 is 5.41 Å². The molecule has 2 aromatic carbocycles. The number of hydrogen-bond donors (Lipinski definition) is 1. The van der Waals surface area contributed by atoms with Gasteiger partial charge in [0, 0.05) is 24.5 Å². The van der Waals surface area contributed by atoms with Crippen molar-refractivity contribution < 1.29 is 19.1 Å². The van der Waals surface area contributed by atoms with E-state index in [9.17, 15) is 9.59 Å². The SMILES string of the molecule is CN(C(=O)C1(C(=O)Nc2ccc3c(c2)OCO3)CC1)c1ccccc1. The number of ether oxygens (including phenoxy) is 2. The summed E-state index contributed by atoms with van der Waals surface area (Å²) in [7, 11) is 1.70. The maximum atomic E-state index is 12.9. The topological polar surface area (TPSA) is 67.9 Å². The fourth-order valence-electron chi connectivity index (χ4n) is 2.98. The van der Waals surface area contributed by atoms with Crippen molar-refractivity contribution in [2.75, 3.05) is 24.1 Å². The van der Waals surface area contributed by atoms with Gasteiger partial charge in [-0.3, -0.25) is 9.59 Å². The maximum absolute atomic E-state index is 12.9. The number of carbonyl (C=O) groups excluding carboxylic acids is 2. The molecule has 2 amide bonds. The number of para-hydroxylation sites is 1. The zero-order valence-electron chi connectivity index (χ0n) is 13.8. The summed E-state index contributed by atoms with van der Waals surface area (Å²) in [6.07, 6.45) is 1.11. The number of hydrogen-bond acceptors (Lipinski definition) is 4. The van der Waals surface area contributed by atoms with Crippen molar-refractivity contribution in [3.05, 3.63) is 48.5 Å². The van der Waals surface area contributed by atoms with Crippen LogP contribution in [0.25, 0.3) is 0 Å². The third kappa shape index (κ3) is 2.69. The van der Waals surface area contributed by atoms with E-state index in [0.717, 1.165) is 5.69 Å². The molecule has 4 rings (SSSR count). The number of nitrogens with zero attached hydrogens (tertiary/aromatic N) is 1. The Hall–Kier alpha value is -3.02. The molecule has 25 heavy (non-hydrogen) atoms. The van der Waals surface area contributed by atoms with E-state index in [2.05, 4.69) is 5.32 Å². The van der Waals surface area contributed by atoms with Crippen molar-refractivity contribution in [1.82, 2.24) is 0 Å². The van der Waals surface area contributed by atoms with Crippen LogP contribution in [-0.4, -0.2) is 25.7 Å². The number of rotatable bonds is 4. The molecule has 1 N–H and O–H groups in total. The van der Waals surface area contributed by atoms with Crippen molar-refractivity contribution in [3.8, 4) is 11.5 Å². The molecule has 6 heteroatoms. The molecule has 0 radical (unpaired) electrons. The first-order valence-corrected chi connectivity index (χ1v) is 8.14. The minimum absolute atomic E-state index is 0.178. The number of benzene rings is 2. The van der Waals surface area contributed by atoms with Crippen molar-refractivity contribution in [3.63, 3.8) is 0 Å². The summed E-state index contributed by atoms with van der Waals surface area (Å²) in [4.78, 5) is 27.2. The van der Waals surface area contributed by atoms with Crippen molar-refractivity contribution in [2.24, 2.45) is 5.41 Å². The number of carbonyl (C=O) groups is 2. The zero-order valence-corrected chi connectivity index (χ0v) is 13.8. The fourth-order valence-corrected chi connectivity index (χ4v) is 2.98. The van der Waals surface area contributed by atoms with Gasteiger partial charge in [-0.1, -0.05) is 18.2 Å². The number of fused-ring (bicyclic) bond motifs is 1. The van der Waals surface area contributed by atoms with Gasteiger partial charge in [0.1, 0.15) is 5.41 Å². The fraction of sp³-hybridized carbons (Fsp3) is 0.263. The van der Waals surface area contributed by atoms with Crippen LogP contribution >= 0.6 is 0 Å². The van der Waals surface area contributed by atoms with Gasteiger partial charge in [-0.15, -0.1) is 0 Å². The lowest BCUT2D eigenvalue weighted by Crippen LogP contribution is -2.41. The van der Waals surface area contributed by atoms with Gasteiger partial charge in [-0.2, -0.15) is 0 Å². The molecule has 1 aliphatic heterocycles. The second-order valence-electron chi connectivity index (χ2n) is 6.30. The molecule has 1 saturated carbocycles. The number of nitrogens with one attached hydrogen (secondary N) is 1. The Bertz CT molecular complexity index is 831. The Labute approximate surface area is 145 Å². The molecule has 6 nitrogen and oxygen atoms in total. The predicted octanol–water partition coefficient (Wildman–Crippen LogP) is 2.80. The third-order valence-electron chi connectivity index (χ3n) is 4.67. The second-order valence-corrected chi connectivity index (χ2v) is 6.30. The van der Waals surface area contributed by atoms with Crippen molar-refractivity contribution in [2.45, 2.75) is 12.8 Å². The molecule has 0 unspecified atom stereocenters. The first kappa shape index (κ1) is 15.5. The summed E-state index contributed by atoms with van der Waals surface area (Å²) in [6.45, 7) is 0.178. The highest BCUT2D eigenvalue weighted by Crippen LogP contribution is 2.48. The Morgan fingerprint density at radius 3 is 2.48 bits per heavy atom. The molecule has 2 aromatic rings. The Balaban J connectivity index is 1.50. The molecule has 128 valence electrons. The summed E-state index contributed by atoms with van der Waals surface area (Å²) in [6, 6.07) is 14.5. The van der Waals surface area contributed by atoms with Gasteiger partial charge >= 0.3 is 0 Å². The molecule has 1 fully saturated rings. The van der Waals surface area contributed by atoms with Crippen LogP contribution in [0.1, 0.15) is 12.8 Å². The van der Waals surface area contributed by atoms with Crippen LogP contribution in [0.3, 0.4) is 0 Å². The lowest BCUT2D eigenvalue weighted by atomic mass is 10.0. The minimum Gasteiger partial charge on any atom is -0.454 e. The average Bonchev–Trinajstić information content (AvgIpc) is 3.33. The van der Waals surface area contributed by atoms with Gasteiger partial charge in [-0.05, 0) is 37.1 Å². The van der Waals surface area contributed by atoms with Crippen LogP contribution in [0.15, 0.2) is 48.5 Å². The molecule has 0 atom stereocenters. The van der Waals surface area contributed by atoms with Crippen LogP contribution in [-0.2, 0) is 9.59 Å². The average molecular weight is 338 g/mol. The van der Waals surface area contributed by atoms with E-state index in [4.69, 9.17) is 9.47 Å². The first-order chi connectivity index (χ1) is 12.1. The Kier molecular flexibility index (Phi) is 3.60. The van der Waals surface area contributed by atoms with Crippen LogP contribution in [0, 0.1) is 5.41 Å². The summed E-state index contributed by atoms with van der Waals surface area (Å²) in [5, 5.41) is 2.84. The smallest absolute Gasteiger partial charge is 0.242 e. The molecule has 0 aromatic heterocycles. The van der Waals surface area contributed by atoms with E-state index in [-0.39, 0.29) is 18.6 Å². The van der Waals surface area contributed by atoms with Gasteiger partial charge in [0.2, 0.25) is 18.6 Å². The molecule has 0 bridgehead atoms. The summed E-state index contributed by atoms with van der Waals surface area (Å²) in [5.74, 6) is 0.783. The molecule has 0 spiro atoms. The molecular weight excluding hydrogens is 320 g/mol. The predicted molar refractivity (Wildman–Crippen MR) is 92.7 cm³/mol. The van der Waals surface area contributed by atoms with Crippen molar-refractivity contribution in [1.29, 1.82) is 0 Å². The number of amides is 2. The van der Waals surface area contributed by atoms with Gasteiger partial charge in [0.25, 0.3) is 0 Å². The van der Waals surface area contributed by atoms with E-state index in [1.807, 2.05) is 30.3 Å². The van der Waals surface area contributed by atoms with Crippen LogP contribution in [0.5, 0.6) is 11.5 Å². The highest BCUT2D eigenvalue weighted by molar-refractivity contribution is 6.17. The normalized spacial score (nSPS) is 16.2. The van der Waals surface area contributed by atoms with Crippen LogP contribution in [0.4, 0.5) is 11.4 Å². The van der Waals surface area contributed by atoms with E-state index in [1.165, 1.54) is 0 Å². The van der Waals surface area contributed by atoms with Crippen LogP contribution in [0.2, 0.25) is 0 Å². The second kappa shape index (κ2) is 5.81. The summed E-state index contributed by atoms with van der Waals surface area (Å²) in [5.41, 5.74) is 0.381. The van der Waals surface area contributed by atoms with E-state index in [0.29, 0.717) is 30.0 Å². The Morgan fingerprint density at radius 1 is 1.04 bits per heavy atom. The molecule has 2 aliphatic rings. The monoisotopic (exact) mass is 338 g/mol. The van der Waals surface area contributed by atoms with Gasteiger partial charge < -0.3 is 19.7 Å². The number of anilines is 2. The van der Waals surface area contributed by atoms with E-state index in [1.54, 1.807) is 30.1 Å². The Morgan fingerprint density at radius 2 is 1.76 bits per heavy atom. The lowest BCUT2D eigenvalue weighted by molar-refractivity contribution is -0.132. The third-order valence-corrected chi connectivity index (χ3v) is 4.67. The lowest BCUT2D eigenvalue weighted by Gasteiger charge is -2.23. The van der Waals surface area contributed by atoms with Crippen molar-refractivity contribution >= 4 is 23.2 Å². The van der Waals surface area contributed by atoms with Crippen LogP contribution < -0.4 is 19.7 Å². The maximum Gasteiger partial charge on any atom is 0.242 e. The standard InChI is InChI=1S/C19H18N2O4/c1-21(14-5-3-2-4-6-14)18(23)19(9-10-19)17(22)20-13-7-8-15-16(11-13)25-12-24-15/h2-8,11H,9-10,12H2,1H3,(H,20,22). The minimum atomic E-state index is -0.985.